The van der Waals surface area contributed by atoms with Crippen LogP contribution in [0.15, 0.2) is 58.1 Å². The van der Waals surface area contributed by atoms with Gasteiger partial charge >= 0.3 is 5.97 Å². The third-order valence-electron chi connectivity index (χ3n) is 3.71. The number of hydrogen-bond donors (Lipinski definition) is 1. The average molecular weight is 398 g/mol. The van der Waals surface area contributed by atoms with Crippen molar-refractivity contribution in [3.63, 3.8) is 0 Å². The standard InChI is InChI=1S/C18H14N4O3S2/c23-15-8-13(20-18-22(15)6-7-26-18)10-25-16(24)14-11-27-17(21-14)19-9-12-4-2-1-3-5-12/h1-8,11H,9-10H2,(H,19,21). The zero-order chi connectivity index (χ0) is 18.6. The van der Waals surface area contributed by atoms with E-state index in [9.17, 15) is 9.59 Å². The predicted octanol–water partition coefficient (Wildman–Crippen LogP) is 3.18. The second-order valence-corrected chi connectivity index (χ2v) is 7.33. The third-order valence-corrected chi connectivity index (χ3v) is 5.26. The first-order valence-corrected chi connectivity index (χ1v) is 9.81. The average Bonchev–Trinajstić information content (AvgIpc) is 3.35. The van der Waals surface area contributed by atoms with Gasteiger partial charge in [-0.2, -0.15) is 0 Å². The van der Waals surface area contributed by atoms with Crippen molar-refractivity contribution in [1.82, 2.24) is 14.4 Å². The number of anilines is 1. The normalized spacial score (nSPS) is 10.8. The summed E-state index contributed by atoms with van der Waals surface area (Å²) in [6.07, 6.45) is 1.66. The van der Waals surface area contributed by atoms with Crippen LogP contribution in [-0.4, -0.2) is 20.3 Å². The van der Waals surface area contributed by atoms with E-state index in [0.717, 1.165) is 5.56 Å². The summed E-state index contributed by atoms with van der Waals surface area (Å²) in [4.78, 5) is 33.2. The molecule has 0 aliphatic rings. The lowest BCUT2D eigenvalue weighted by atomic mass is 10.2. The maximum Gasteiger partial charge on any atom is 0.358 e. The zero-order valence-electron chi connectivity index (χ0n) is 14.0. The first-order chi connectivity index (χ1) is 13.2. The van der Waals surface area contributed by atoms with Crippen molar-refractivity contribution in [2.75, 3.05) is 5.32 Å². The molecule has 4 rings (SSSR count). The Balaban J connectivity index is 1.36. The van der Waals surface area contributed by atoms with Crippen LogP contribution in [0, 0.1) is 0 Å². The number of ether oxygens (including phenoxy) is 1. The highest BCUT2D eigenvalue weighted by molar-refractivity contribution is 7.15. The Hall–Kier alpha value is -3.04. The number of thiazole rings is 2. The van der Waals surface area contributed by atoms with Gasteiger partial charge in [-0.1, -0.05) is 30.3 Å². The van der Waals surface area contributed by atoms with Crippen LogP contribution in [0.3, 0.4) is 0 Å². The van der Waals surface area contributed by atoms with E-state index in [1.807, 2.05) is 30.3 Å². The Labute approximate surface area is 161 Å². The van der Waals surface area contributed by atoms with Crippen LogP contribution in [-0.2, 0) is 17.9 Å². The molecule has 0 radical (unpaired) electrons. The van der Waals surface area contributed by atoms with Gasteiger partial charge in [-0.25, -0.2) is 14.8 Å². The summed E-state index contributed by atoms with van der Waals surface area (Å²) in [5.41, 5.74) is 1.56. The van der Waals surface area contributed by atoms with Crippen molar-refractivity contribution >= 4 is 38.7 Å². The van der Waals surface area contributed by atoms with Crippen LogP contribution in [0.5, 0.6) is 0 Å². The number of esters is 1. The van der Waals surface area contributed by atoms with Crippen LogP contribution in [0.2, 0.25) is 0 Å². The Morgan fingerprint density at radius 1 is 1.19 bits per heavy atom. The van der Waals surface area contributed by atoms with Crippen molar-refractivity contribution in [3.05, 3.63) is 80.7 Å². The molecule has 0 bridgehead atoms. The number of benzene rings is 1. The van der Waals surface area contributed by atoms with Gasteiger partial charge in [-0.3, -0.25) is 9.20 Å². The summed E-state index contributed by atoms with van der Waals surface area (Å²) in [5.74, 6) is -0.549. The fourth-order valence-electron chi connectivity index (χ4n) is 2.40. The molecule has 0 fully saturated rings. The molecule has 4 aromatic rings. The number of hydrogen-bond acceptors (Lipinski definition) is 8. The van der Waals surface area contributed by atoms with Crippen molar-refractivity contribution in [1.29, 1.82) is 0 Å². The SMILES string of the molecule is O=C(OCc1cc(=O)n2ccsc2n1)c1csc(NCc2ccccc2)n1. The monoisotopic (exact) mass is 398 g/mol. The summed E-state index contributed by atoms with van der Waals surface area (Å²) >= 11 is 2.68. The molecule has 0 saturated carbocycles. The number of carbonyl (C=O) groups is 1. The van der Waals surface area contributed by atoms with E-state index >= 15 is 0 Å². The fourth-order valence-corrected chi connectivity index (χ4v) is 3.81. The molecular formula is C18H14N4O3S2. The molecule has 3 aromatic heterocycles. The molecular weight excluding hydrogens is 384 g/mol. The molecule has 7 nitrogen and oxygen atoms in total. The van der Waals surface area contributed by atoms with Crippen molar-refractivity contribution < 1.29 is 9.53 Å². The molecule has 1 aromatic carbocycles. The Bertz CT molecular complexity index is 1130. The van der Waals surface area contributed by atoms with Gasteiger partial charge in [0, 0.05) is 29.6 Å². The highest BCUT2D eigenvalue weighted by atomic mass is 32.1. The minimum atomic E-state index is -0.549. The molecule has 0 spiro atoms. The van der Waals surface area contributed by atoms with Crippen LogP contribution in [0.4, 0.5) is 5.13 Å². The molecule has 0 atom stereocenters. The van der Waals surface area contributed by atoms with Gasteiger partial charge in [0.05, 0.1) is 5.69 Å². The maximum absolute atomic E-state index is 12.2. The van der Waals surface area contributed by atoms with Gasteiger partial charge in [0.2, 0.25) is 0 Å². The highest BCUT2D eigenvalue weighted by Gasteiger charge is 2.13. The number of aromatic nitrogens is 3. The topological polar surface area (TPSA) is 85.6 Å². The molecule has 0 unspecified atom stereocenters. The largest absolute Gasteiger partial charge is 0.454 e. The lowest BCUT2D eigenvalue weighted by molar-refractivity contribution is 0.0462. The molecule has 1 N–H and O–H groups in total. The molecule has 3 heterocycles. The van der Waals surface area contributed by atoms with Gasteiger partial charge in [0.15, 0.2) is 15.8 Å². The van der Waals surface area contributed by atoms with E-state index in [-0.39, 0.29) is 17.9 Å². The summed E-state index contributed by atoms with van der Waals surface area (Å²) in [6.45, 7) is 0.546. The molecule has 0 saturated heterocycles. The summed E-state index contributed by atoms with van der Waals surface area (Å²) in [7, 11) is 0. The van der Waals surface area contributed by atoms with Crippen LogP contribution >= 0.6 is 22.7 Å². The summed E-state index contributed by atoms with van der Waals surface area (Å²) in [6, 6.07) is 11.3. The number of nitrogens with zero attached hydrogens (tertiary/aromatic N) is 3. The third kappa shape index (κ3) is 4.04. The van der Waals surface area contributed by atoms with Crippen molar-refractivity contribution in [2.24, 2.45) is 0 Å². The van der Waals surface area contributed by atoms with Crippen molar-refractivity contribution in [2.45, 2.75) is 13.2 Å². The summed E-state index contributed by atoms with van der Waals surface area (Å²) in [5, 5.41) is 7.24. The Morgan fingerprint density at radius 3 is 2.89 bits per heavy atom. The quantitative estimate of drug-likeness (QED) is 0.502. The van der Waals surface area contributed by atoms with E-state index in [2.05, 4.69) is 15.3 Å². The molecule has 0 aliphatic heterocycles. The number of carbonyl (C=O) groups excluding carboxylic acids is 1. The maximum atomic E-state index is 12.2. The predicted molar refractivity (Wildman–Crippen MR) is 104 cm³/mol. The lowest BCUT2D eigenvalue weighted by Crippen LogP contribution is -2.14. The molecule has 0 aliphatic carbocycles. The minimum absolute atomic E-state index is 0.0766. The molecule has 0 amide bonds. The van der Waals surface area contributed by atoms with Crippen molar-refractivity contribution in [3.8, 4) is 0 Å². The first-order valence-electron chi connectivity index (χ1n) is 8.05. The van der Waals surface area contributed by atoms with Gasteiger partial charge in [0.25, 0.3) is 5.56 Å². The fraction of sp³-hybridized carbons (Fsp3) is 0.111. The minimum Gasteiger partial charge on any atom is -0.454 e. The van der Waals surface area contributed by atoms with E-state index in [1.54, 1.807) is 17.0 Å². The highest BCUT2D eigenvalue weighted by Crippen LogP contribution is 2.17. The number of rotatable bonds is 6. The second-order valence-electron chi connectivity index (χ2n) is 5.59. The number of fused-ring (bicyclic) bond motifs is 1. The molecule has 27 heavy (non-hydrogen) atoms. The van der Waals surface area contributed by atoms with E-state index in [1.165, 1.54) is 33.1 Å². The van der Waals surface area contributed by atoms with E-state index in [0.29, 0.717) is 22.3 Å². The van der Waals surface area contributed by atoms with Crippen LogP contribution < -0.4 is 10.9 Å². The number of nitrogens with one attached hydrogen (secondary N) is 1. The van der Waals surface area contributed by atoms with Crippen LogP contribution in [0.25, 0.3) is 4.96 Å². The van der Waals surface area contributed by atoms with Gasteiger partial charge in [-0.15, -0.1) is 22.7 Å². The Morgan fingerprint density at radius 2 is 2.04 bits per heavy atom. The molecule has 136 valence electrons. The van der Waals surface area contributed by atoms with Gasteiger partial charge < -0.3 is 10.1 Å². The smallest absolute Gasteiger partial charge is 0.358 e. The van der Waals surface area contributed by atoms with Gasteiger partial charge in [-0.05, 0) is 5.56 Å². The zero-order valence-corrected chi connectivity index (χ0v) is 15.6. The first kappa shape index (κ1) is 17.4. The lowest BCUT2D eigenvalue weighted by Gasteiger charge is -2.03. The van der Waals surface area contributed by atoms with E-state index in [4.69, 9.17) is 4.74 Å². The van der Waals surface area contributed by atoms with E-state index < -0.39 is 5.97 Å². The van der Waals surface area contributed by atoms with Crippen LogP contribution in [0.1, 0.15) is 21.7 Å². The molecule has 9 heteroatoms. The van der Waals surface area contributed by atoms with Gasteiger partial charge in [0.1, 0.15) is 6.61 Å². The summed E-state index contributed by atoms with van der Waals surface area (Å²) < 4.78 is 6.69. The Kier molecular flexibility index (Phi) is 4.95. The second kappa shape index (κ2) is 7.68.